The maximum Gasteiger partial charge on any atom is 0.415 e. The zero-order valence-corrected chi connectivity index (χ0v) is 29.2. The average molecular weight is 658 g/mol. The van der Waals surface area contributed by atoms with Gasteiger partial charge in [0, 0.05) is 30.4 Å². The molecule has 1 saturated heterocycles. The van der Waals surface area contributed by atoms with E-state index in [1.807, 2.05) is 37.4 Å². The van der Waals surface area contributed by atoms with Crippen molar-refractivity contribution in [3.63, 3.8) is 0 Å². The van der Waals surface area contributed by atoms with Gasteiger partial charge >= 0.3 is 6.09 Å². The Morgan fingerprint density at radius 3 is 2.49 bits per heavy atom. The molecule has 0 bridgehead atoms. The van der Waals surface area contributed by atoms with Gasteiger partial charge in [0.05, 0.1) is 17.6 Å². The van der Waals surface area contributed by atoms with E-state index in [9.17, 15) is 14.4 Å². The Hall–Kier alpha value is -2.42. The number of rotatable bonds is 14. The van der Waals surface area contributed by atoms with Crippen molar-refractivity contribution < 1.29 is 19.1 Å². The summed E-state index contributed by atoms with van der Waals surface area (Å²) in [6.45, 7) is 9.05. The number of hydrogen-bond donors (Lipinski definition) is 1. The van der Waals surface area contributed by atoms with E-state index in [1.54, 1.807) is 27.2 Å². The Bertz CT molecular complexity index is 1260. The molecule has 2 atom stereocenters. The highest BCUT2D eigenvalue weighted by atomic mass is 35.5. The van der Waals surface area contributed by atoms with Gasteiger partial charge in [0.25, 0.3) is 0 Å². The lowest BCUT2D eigenvalue weighted by Crippen LogP contribution is -2.63. The lowest BCUT2D eigenvalue weighted by Gasteiger charge is -2.42. The number of hydrogen-bond acceptors (Lipinski definition) is 6. The molecule has 248 valence electrons. The molecular formula is C36H52ClN3O4S. The number of halogens is 1. The Morgan fingerprint density at radius 1 is 1.02 bits per heavy atom. The fourth-order valence-electron chi connectivity index (χ4n) is 6.46. The highest BCUT2D eigenvalue weighted by Crippen LogP contribution is 2.31. The molecule has 1 N–H and O–H groups in total. The molecule has 1 aliphatic heterocycles. The van der Waals surface area contributed by atoms with Crippen molar-refractivity contribution >= 4 is 40.7 Å². The van der Waals surface area contributed by atoms with Crippen molar-refractivity contribution in [2.24, 2.45) is 5.92 Å². The number of piperazine rings is 1. The summed E-state index contributed by atoms with van der Waals surface area (Å²) in [5.41, 5.74) is 1.87. The number of ether oxygens (including phenoxy) is 1. The summed E-state index contributed by atoms with van der Waals surface area (Å²) in [5.74, 6) is 0.951. The first kappa shape index (κ1) is 35.4. The third-order valence-electron chi connectivity index (χ3n) is 9.42. The lowest BCUT2D eigenvalue weighted by atomic mass is 9.93. The summed E-state index contributed by atoms with van der Waals surface area (Å²) in [4.78, 5) is 46.0. The van der Waals surface area contributed by atoms with Gasteiger partial charge in [-0.15, -0.1) is 11.3 Å². The average Bonchev–Trinajstić information content (AvgIpc) is 3.57. The first-order chi connectivity index (χ1) is 21.6. The normalized spacial score (nSPS) is 18.3. The molecule has 9 heteroatoms. The van der Waals surface area contributed by atoms with Crippen molar-refractivity contribution in [3.05, 3.63) is 50.7 Å². The van der Waals surface area contributed by atoms with Gasteiger partial charge in [-0.05, 0) is 74.1 Å². The molecule has 2 heterocycles. The molecule has 4 rings (SSSR count). The molecule has 2 amide bonds. The molecular weight excluding hydrogens is 606 g/mol. The molecule has 1 aliphatic carbocycles. The van der Waals surface area contributed by atoms with Crippen LogP contribution in [0.1, 0.15) is 100 Å². The van der Waals surface area contributed by atoms with Crippen LogP contribution in [0.3, 0.4) is 0 Å². The van der Waals surface area contributed by atoms with Crippen LogP contribution in [0, 0.1) is 19.8 Å². The van der Waals surface area contributed by atoms with E-state index in [2.05, 4.69) is 19.2 Å². The minimum atomic E-state index is -0.717. The highest BCUT2D eigenvalue weighted by molar-refractivity contribution is 7.09. The maximum absolute atomic E-state index is 14.3. The minimum absolute atomic E-state index is 0.0101. The van der Waals surface area contributed by atoms with E-state index in [1.165, 1.54) is 25.7 Å². The van der Waals surface area contributed by atoms with Gasteiger partial charge in [0.1, 0.15) is 6.04 Å². The van der Waals surface area contributed by atoms with Crippen LogP contribution < -0.4 is 10.1 Å². The van der Waals surface area contributed by atoms with Crippen molar-refractivity contribution in [3.8, 4) is 5.75 Å². The van der Waals surface area contributed by atoms with Gasteiger partial charge in [-0.25, -0.2) is 4.79 Å². The largest absolute Gasteiger partial charge is 0.415 e. The Kier molecular flexibility index (Phi) is 13.8. The van der Waals surface area contributed by atoms with Gasteiger partial charge in [-0.1, -0.05) is 82.5 Å². The van der Waals surface area contributed by atoms with Crippen LogP contribution in [0.4, 0.5) is 4.79 Å². The maximum atomic E-state index is 14.3. The van der Waals surface area contributed by atoms with Crippen LogP contribution in [-0.2, 0) is 16.0 Å². The quantitative estimate of drug-likeness (QED) is 0.208. The zero-order valence-electron chi connectivity index (χ0n) is 27.6. The summed E-state index contributed by atoms with van der Waals surface area (Å²) in [6, 6.07) is 6.88. The van der Waals surface area contributed by atoms with Crippen LogP contribution in [0.5, 0.6) is 5.75 Å². The van der Waals surface area contributed by atoms with E-state index in [0.29, 0.717) is 48.7 Å². The monoisotopic (exact) mass is 657 g/mol. The third kappa shape index (κ3) is 10.3. The van der Waals surface area contributed by atoms with Crippen LogP contribution in [-0.4, -0.2) is 65.3 Å². The number of thiophene rings is 1. The fourth-order valence-corrected chi connectivity index (χ4v) is 7.42. The molecule has 1 aromatic carbocycles. The Morgan fingerprint density at radius 2 is 1.78 bits per heavy atom. The highest BCUT2D eigenvalue weighted by Gasteiger charge is 2.40. The SMILES string of the molecule is Cc1ccc(OC(=O)N2CCN(C(=O)[C@@H](CCCCCC(C)C)NC3CCCCC3)[C@H](C(=O)CCc3cccs3)C2)c(Cl)c1C. The van der Waals surface area contributed by atoms with Crippen LogP contribution in [0.2, 0.25) is 5.02 Å². The minimum Gasteiger partial charge on any atom is -0.409 e. The predicted molar refractivity (Wildman–Crippen MR) is 183 cm³/mol. The molecule has 2 aromatic rings. The zero-order chi connectivity index (χ0) is 32.3. The van der Waals surface area contributed by atoms with E-state index in [4.69, 9.17) is 16.3 Å². The van der Waals surface area contributed by atoms with E-state index in [0.717, 1.165) is 54.5 Å². The number of amides is 2. The first-order valence-corrected chi connectivity index (χ1v) is 18.2. The molecule has 2 aliphatic rings. The van der Waals surface area contributed by atoms with Crippen molar-refractivity contribution in [1.29, 1.82) is 0 Å². The van der Waals surface area contributed by atoms with Gasteiger partial charge in [-0.3, -0.25) is 9.59 Å². The second-order valence-corrected chi connectivity index (χ2v) is 14.7. The molecule has 0 unspecified atom stereocenters. The first-order valence-electron chi connectivity index (χ1n) is 17.0. The summed E-state index contributed by atoms with van der Waals surface area (Å²) < 4.78 is 5.73. The number of nitrogens with zero attached hydrogens (tertiary/aromatic N) is 2. The molecule has 0 radical (unpaired) electrons. The van der Waals surface area contributed by atoms with Crippen LogP contribution in [0.25, 0.3) is 0 Å². The van der Waals surface area contributed by atoms with E-state index < -0.39 is 12.1 Å². The van der Waals surface area contributed by atoms with Gasteiger partial charge in [-0.2, -0.15) is 0 Å². The second kappa shape index (κ2) is 17.5. The van der Waals surface area contributed by atoms with E-state index in [-0.39, 0.29) is 24.3 Å². The molecule has 2 fully saturated rings. The second-order valence-electron chi connectivity index (χ2n) is 13.3. The van der Waals surface area contributed by atoms with Crippen molar-refractivity contribution in [2.45, 2.75) is 123 Å². The molecule has 1 saturated carbocycles. The molecule has 45 heavy (non-hydrogen) atoms. The summed E-state index contributed by atoms with van der Waals surface area (Å²) in [6.07, 6.45) is 11.4. The summed E-state index contributed by atoms with van der Waals surface area (Å²) in [5, 5.41) is 6.15. The Labute approximate surface area is 279 Å². The van der Waals surface area contributed by atoms with Crippen molar-refractivity contribution in [1.82, 2.24) is 15.1 Å². The number of aryl methyl sites for hydroxylation is 2. The van der Waals surface area contributed by atoms with Crippen molar-refractivity contribution in [2.75, 3.05) is 19.6 Å². The van der Waals surface area contributed by atoms with Crippen LogP contribution >= 0.6 is 22.9 Å². The number of benzene rings is 1. The standard InChI is InChI=1S/C36H52ClN3O4S/c1-25(2)12-7-5-10-16-30(38-28-13-8-6-9-14-28)35(42)40-22-21-39(24-31(40)32(41)19-18-29-15-11-23-45-29)36(43)44-33-20-17-26(3)27(4)34(33)37/h11,15,17,20,23,25,28,30-31,38H,5-10,12-14,16,18-19,21-22,24H2,1-4H3/t30-,31+/m1/s1. The number of Topliss-reactive ketones (excluding diaryl/α,β-unsaturated/α-hetero) is 1. The van der Waals surface area contributed by atoms with E-state index >= 15 is 0 Å². The smallest absolute Gasteiger partial charge is 0.409 e. The molecule has 0 spiro atoms. The van der Waals surface area contributed by atoms with Crippen LogP contribution in [0.15, 0.2) is 29.6 Å². The number of carbonyl (C=O) groups is 3. The number of carbonyl (C=O) groups excluding carboxylic acids is 3. The predicted octanol–water partition coefficient (Wildman–Crippen LogP) is 8.13. The topological polar surface area (TPSA) is 79.0 Å². The lowest BCUT2D eigenvalue weighted by molar-refractivity contribution is -0.144. The third-order valence-corrected chi connectivity index (χ3v) is 10.8. The number of nitrogens with one attached hydrogen (secondary N) is 1. The summed E-state index contributed by atoms with van der Waals surface area (Å²) in [7, 11) is 0. The number of unbranched alkanes of at least 4 members (excludes halogenated alkanes) is 2. The fraction of sp³-hybridized carbons (Fsp3) is 0.639. The van der Waals surface area contributed by atoms with Gasteiger partial charge < -0.3 is 19.9 Å². The van der Waals surface area contributed by atoms with Gasteiger partial charge in [0.15, 0.2) is 11.5 Å². The molecule has 1 aromatic heterocycles. The number of ketones is 1. The van der Waals surface area contributed by atoms with Gasteiger partial charge in [0.2, 0.25) is 5.91 Å². The Balaban J connectivity index is 1.49. The molecule has 7 nitrogen and oxygen atoms in total. The summed E-state index contributed by atoms with van der Waals surface area (Å²) >= 11 is 8.13.